The van der Waals surface area contributed by atoms with Gasteiger partial charge in [0.1, 0.15) is 0 Å². The number of nitrogens with one attached hydrogen (secondary N) is 1. The van der Waals surface area contributed by atoms with E-state index in [1.165, 1.54) is 0 Å². The maximum atomic E-state index is 11.4. The quantitative estimate of drug-likeness (QED) is 0.522. The van der Waals surface area contributed by atoms with E-state index in [1.54, 1.807) is 0 Å². The molecule has 1 fully saturated rings. The summed E-state index contributed by atoms with van der Waals surface area (Å²) in [7, 11) is 0. The van der Waals surface area contributed by atoms with Gasteiger partial charge in [-0.1, -0.05) is 13.3 Å². The lowest BCUT2D eigenvalue weighted by atomic mass is 10.2. The van der Waals surface area contributed by atoms with Gasteiger partial charge in [0, 0.05) is 32.2 Å². The van der Waals surface area contributed by atoms with E-state index in [9.17, 15) is 19.2 Å². The molecule has 1 aliphatic rings. The topological polar surface area (TPSA) is 92.8 Å². The number of nitrogens with zero attached hydrogens (tertiary/aromatic N) is 1. The zero-order valence-corrected chi connectivity index (χ0v) is 11.6. The van der Waals surface area contributed by atoms with Crippen molar-refractivity contribution in [2.75, 3.05) is 6.54 Å². The molecule has 0 unspecified atom stereocenters. The minimum atomic E-state index is -0.671. The van der Waals surface area contributed by atoms with Crippen LogP contribution in [0.4, 0.5) is 0 Å². The molecule has 0 atom stereocenters. The zero-order chi connectivity index (χ0) is 15.0. The fourth-order valence-corrected chi connectivity index (χ4v) is 1.69. The van der Waals surface area contributed by atoms with Crippen LogP contribution in [-0.2, 0) is 24.0 Å². The van der Waals surface area contributed by atoms with Gasteiger partial charge in [-0.05, 0) is 12.8 Å². The van der Waals surface area contributed by atoms with Gasteiger partial charge in [-0.2, -0.15) is 0 Å². The van der Waals surface area contributed by atoms with Crippen LogP contribution in [0.5, 0.6) is 0 Å². The second kappa shape index (κ2) is 8.29. The Kier molecular flexibility index (Phi) is 6.69. The Morgan fingerprint density at radius 1 is 1.15 bits per heavy atom. The van der Waals surface area contributed by atoms with Gasteiger partial charge in [0.25, 0.3) is 11.8 Å². The molecule has 0 aromatic rings. The number of amides is 3. The second-order valence-corrected chi connectivity index (χ2v) is 4.60. The normalized spacial score (nSPS) is 14.6. The smallest absolute Gasteiger partial charge is 0.333 e. The summed E-state index contributed by atoms with van der Waals surface area (Å²) in [5.41, 5.74) is 0. The molecule has 0 spiro atoms. The average molecular weight is 284 g/mol. The molecule has 0 saturated carbocycles. The van der Waals surface area contributed by atoms with E-state index < -0.39 is 17.8 Å². The molecule has 7 heteroatoms. The average Bonchev–Trinajstić information content (AvgIpc) is 2.71. The molecule has 1 rings (SSSR count). The molecule has 1 heterocycles. The van der Waals surface area contributed by atoms with Crippen LogP contribution in [0, 0.1) is 0 Å². The van der Waals surface area contributed by atoms with Crippen molar-refractivity contribution in [1.82, 2.24) is 10.4 Å². The number of hydrogen-bond acceptors (Lipinski definition) is 5. The van der Waals surface area contributed by atoms with Gasteiger partial charge in [0.15, 0.2) is 0 Å². The van der Waals surface area contributed by atoms with Crippen LogP contribution in [0.15, 0.2) is 0 Å². The largest absolute Gasteiger partial charge is 0.356 e. The predicted molar refractivity (Wildman–Crippen MR) is 68.9 cm³/mol. The van der Waals surface area contributed by atoms with E-state index in [0.717, 1.165) is 12.8 Å². The Morgan fingerprint density at radius 2 is 1.80 bits per heavy atom. The van der Waals surface area contributed by atoms with Crippen LogP contribution in [-0.4, -0.2) is 35.3 Å². The zero-order valence-electron chi connectivity index (χ0n) is 11.6. The van der Waals surface area contributed by atoms with E-state index >= 15 is 0 Å². The van der Waals surface area contributed by atoms with Gasteiger partial charge < -0.3 is 10.2 Å². The third-order valence-corrected chi connectivity index (χ3v) is 2.84. The molecule has 0 aliphatic carbocycles. The highest BCUT2D eigenvalue weighted by Gasteiger charge is 2.32. The summed E-state index contributed by atoms with van der Waals surface area (Å²) in [6, 6.07) is 0. The highest BCUT2D eigenvalue weighted by molar-refractivity contribution is 6.01. The first-order valence-electron chi connectivity index (χ1n) is 6.88. The first-order chi connectivity index (χ1) is 9.54. The molecule has 112 valence electrons. The molecule has 3 amide bonds. The van der Waals surface area contributed by atoms with Crippen molar-refractivity contribution in [2.24, 2.45) is 0 Å². The van der Waals surface area contributed by atoms with Gasteiger partial charge in [-0.3, -0.25) is 14.4 Å². The van der Waals surface area contributed by atoms with Crippen molar-refractivity contribution in [2.45, 2.75) is 51.9 Å². The summed E-state index contributed by atoms with van der Waals surface area (Å²) in [5.74, 6) is -1.78. The molecule has 1 saturated heterocycles. The maximum absolute atomic E-state index is 11.4. The summed E-state index contributed by atoms with van der Waals surface area (Å²) in [6.45, 7) is 2.67. The second-order valence-electron chi connectivity index (χ2n) is 4.60. The van der Waals surface area contributed by atoms with Gasteiger partial charge in [-0.15, -0.1) is 5.06 Å². The molecule has 1 aliphatic heterocycles. The highest BCUT2D eigenvalue weighted by Crippen LogP contribution is 2.13. The monoisotopic (exact) mass is 284 g/mol. The third-order valence-electron chi connectivity index (χ3n) is 2.84. The molecule has 0 bridgehead atoms. The summed E-state index contributed by atoms with van der Waals surface area (Å²) in [6.07, 6.45) is 2.63. The molecule has 0 radical (unpaired) electrons. The van der Waals surface area contributed by atoms with Crippen molar-refractivity contribution in [1.29, 1.82) is 0 Å². The predicted octanol–water partition coefficient (Wildman–Crippen LogP) is 0.680. The van der Waals surface area contributed by atoms with Crippen molar-refractivity contribution in [3.63, 3.8) is 0 Å². The fraction of sp³-hybridized carbons (Fsp3) is 0.692. The Bertz CT molecular complexity index is 378. The van der Waals surface area contributed by atoms with Crippen molar-refractivity contribution in [3.8, 4) is 0 Å². The first kappa shape index (κ1) is 16.1. The van der Waals surface area contributed by atoms with E-state index in [1.807, 2.05) is 6.92 Å². The SMILES string of the molecule is CCCCNC(=O)CCCC(=O)ON1C(=O)CCC1=O. The van der Waals surface area contributed by atoms with Crippen molar-refractivity contribution >= 4 is 23.7 Å². The number of hydrogen-bond donors (Lipinski definition) is 1. The Morgan fingerprint density at radius 3 is 2.40 bits per heavy atom. The number of rotatable bonds is 8. The number of unbranched alkanes of at least 4 members (excludes halogenated alkanes) is 1. The standard InChI is InChI=1S/C13H20N2O5/c1-2-3-9-14-10(16)5-4-6-13(19)20-15-11(17)7-8-12(15)18/h2-9H2,1H3,(H,14,16). The summed E-state index contributed by atoms with van der Waals surface area (Å²) in [4.78, 5) is 49.9. The van der Waals surface area contributed by atoms with Crippen LogP contribution in [0.2, 0.25) is 0 Å². The van der Waals surface area contributed by atoms with Crippen LogP contribution in [0.1, 0.15) is 51.9 Å². The Labute approximate surface area is 117 Å². The number of imide groups is 1. The van der Waals surface area contributed by atoms with Crippen LogP contribution < -0.4 is 5.32 Å². The lowest BCUT2D eigenvalue weighted by Crippen LogP contribution is -2.32. The summed E-state index contributed by atoms with van der Waals surface area (Å²) >= 11 is 0. The minimum absolute atomic E-state index is 0.00173. The van der Waals surface area contributed by atoms with Crippen LogP contribution >= 0.6 is 0 Å². The van der Waals surface area contributed by atoms with Crippen LogP contribution in [0.3, 0.4) is 0 Å². The van der Waals surface area contributed by atoms with Crippen LogP contribution in [0.25, 0.3) is 0 Å². The van der Waals surface area contributed by atoms with Crippen molar-refractivity contribution in [3.05, 3.63) is 0 Å². The summed E-state index contributed by atoms with van der Waals surface area (Å²) < 4.78 is 0. The highest BCUT2D eigenvalue weighted by atomic mass is 16.7. The lowest BCUT2D eigenvalue weighted by molar-refractivity contribution is -0.197. The lowest BCUT2D eigenvalue weighted by Gasteiger charge is -2.12. The van der Waals surface area contributed by atoms with Gasteiger partial charge in [-0.25, -0.2) is 4.79 Å². The van der Waals surface area contributed by atoms with E-state index in [-0.39, 0.29) is 31.6 Å². The molecule has 7 nitrogen and oxygen atoms in total. The molecule has 0 aromatic heterocycles. The van der Waals surface area contributed by atoms with Gasteiger partial charge in [0.2, 0.25) is 5.91 Å². The summed E-state index contributed by atoms with van der Waals surface area (Å²) in [5, 5.41) is 3.25. The molecular weight excluding hydrogens is 264 g/mol. The third kappa shape index (κ3) is 5.38. The number of hydroxylamine groups is 2. The number of carbonyl (C=O) groups is 4. The van der Waals surface area contributed by atoms with E-state index in [4.69, 9.17) is 0 Å². The van der Waals surface area contributed by atoms with Gasteiger partial charge >= 0.3 is 5.97 Å². The molecule has 1 N–H and O–H groups in total. The molecule has 20 heavy (non-hydrogen) atoms. The van der Waals surface area contributed by atoms with E-state index in [2.05, 4.69) is 10.2 Å². The molecule has 0 aromatic carbocycles. The first-order valence-corrected chi connectivity index (χ1v) is 6.88. The Balaban J connectivity index is 2.15. The van der Waals surface area contributed by atoms with Crippen molar-refractivity contribution < 1.29 is 24.0 Å². The minimum Gasteiger partial charge on any atom is -0.356 e. The molecular formula is C13H20N2O5. The Hall–Kier alpha value is -1.92. The van der Waals surface area contributed by atoms with E-state index in [0.29, 0.717) is 18.0 Å². The van der Waals surface area contributed by atoms with Gasteiger partial charge in [0.05, 0.1) is 0 Å². The maximum Gasteiger partial charge on any atom is 0.333 e. The number of carbonyl (C=O) groups excluding carboxylic acids is 4. The fourth-order valence-electron chi connectivity index (χ4n) is 1.69.